The van der Waals surface area contributed by atoms with E-state index in [4.69, 9.17) is 0 Å². The van der Waals surface area contributed by atoms with Gasteiger partial charge in [0.15, 0.2) is 0 Å². The Morgan fingerprint density at radius 2 is 2.25 bits per heavy atom. The van der Waals surface area contributed by atoms with Gasteiger partial charge in [-0.3, -0.25) is 0 Å². The van der Waals surface area contributed by atoms with Crippen molar-refractivity contribution in [3.05, 3.63) is 34.1 Å². The van der Waals surface area contributed by atoms with E-state index in [1.165, 1.54) is 24.8 Å². The molecule has 0 heterocycles. The van der Waals surface area contributed by atoms with E-state index in [2.05, 4.69) is 28.2 Å². The normalized spacial score (nSPS) is 18.2. The molecule has 0 radical (unpaired) electrons. The topological polar surface area (TPSA) is 12.0 Å². The van der Waals surface area contributed by atoms with Crippen molar-refractivity contribution < 1.29 is 4.39 Å². The molecule has 0 aliphatic heterocycles. The van der Waals surface area contributed by atoms with Crippen molar-refractivity contribution in [2.24, 2.45) is 5.92 Å². The zero-order valence-corrected chi connectivity index (χ0v) is 11.1. The molecule has 0 saturated heterocycles. The van der Waals surface area contributed by atoms with Crippen LogP contribution in [0.3, 0.4) is 0 Å². The van der Waals surface area contributed by atoms with Crippen LogP contribution < -0.4 is 5.32 Å². The Bertz CT molecular complexity index is 363. The third kappa shape index (κ3) is 2.46. The van der Waals surface area contributed by atoms with Crippen LogP contribution in [0.15, 0.2) is 22.7 Å². The molecule has 1 fully saturated rings. The minimum absolute atomic E-state index is 0.181. The van der Waals surface area contributed by atoms with E-state index in [9.17, 15) is 4.39 Å². The van der Waals surface area contributed by atoms with Gasteiger partial charge < -0.3 is 5.32 Å². The molecule has 1 nitrogen and oxygen atoms in total. The number of halogens is 2. The molecule has 1 aromatic rings. The summed E-state index contributed by atoms with van der Waals surface area (Å²) in [7, 11) is 0. The van der Waals surface area contributed by atoms with Gasteiger partial charge in [-0.15, -0.1) is 0 Å². The van der Waals surface area contributed by atoms with E-state index in [0.29, 0.717) is 12.0 Å². The molecule has 1 N–H and O–H groups in total. The molecule has 1 aromatic carbocycles. The molecule has 0 aromatic heterocycles. The Balaban J connectivity index is 2.23. The fourth-order valence-electron chi connectivity index (χ4n) is 2.28. The standard InChI is InChI=1S/C13H17BrFN/c1-2-16-13(9-4-3-5-9)11-7-6-10(15)8-12(11)14/h6-9,13,16H,2-5H2,1H3. The fraction of sp³-hybridized carbons (Fsp3) is 0.538. The number of rotatable bonds is 4. The van der Waals surface area contributed by atoms with Crippen LogP contribution in [0, 0.1) is 11.7 Å². The maximum Gasteiger partial charge on any atom is 0.124 e. The van der Waals surface area contributed by atoms with E-state index in [-0.39, 0.29) is 5.82 Å². The molecule has 0 bridgehead atoms. The first-order chi connectivity index (χ1) is 7.72. The van der Waals surface area contributed by atoms with Crippen molar-refractivity contribution in [1.82, 2.24) is 5.32 Å². The Morgan fingerprint density at radius 1 is 1.50 bits per heavy atom. The van der Waals surface area contributed by atoms with E-state index >= 15 is 0 Å². The summed E-state index contributed by atoms with van der Waals surface area (Å²) in [6, 6.07) is 5.36. The van der Waals surface area contributed by atoms with Crippen molar-refractivity contribution in [2.45, 2.75) is 32.2 Å². The third-order valence-corrected chi connectivity index (χ3v) is 4.03. The zero-order valence-electron chi connectivity index (χ0n) is 9.47. The SMILES string of the molecule is CCNC(c1ccc(F)cc1Br)C1CCC1. The molecule has 88 valence electrons. The summed E-state index contributed by atoms with van der Waals surface area (Å²) < 4.78 is 13.9. The predicted molar refractivity (Wildman–Crippen MR) is 67.9 cm³/mol. The first-order valence-electron chi connectivity index (χ1n) is 5.90. The van der Waals surface area contributed by atoms with Crippen LogP contribution in [-0.2, 0) is 0 Å². The van der Waals surface area contributed by atoms with Gasteiger partial charge in [-0.1, -0.05) is 35.3 Å². The molecule has 2 rings (SSSR count). The van der Waals surface area contributed by atoms with Crippen molar-refractivity contribution in [3.8, 4) is 0 Å². The van der Waals surface area contributed by atoms with Crippen molar-refractivity contribution in [3.63, 3.8) is 0 Å². The fourth-order valence-corrected chi connectivity index (χ4v) is 2.87. The minimum Gasteiger partial charge on any atom is -0.310 e. The van der Waals surface area contributed by atoms with Crippen LogP contribution in [-0.4, -0.2) is 6.54 Å². The second kappa shape index (κ2) is 5.28. The van der Waals surface area contributed by atoms with Crippen LogP contribution in [0.25, 0.3) is 0 Å². The summed E-state index contributed by atoms with van der Waals surface area (Å²) in [5, 5.41) is 3.51. The maximum atomic E-state index is 13.0. The summed E-state index contributed by atoms with van der Waals surface area (Å²) in [5.74, 6) is 0.529. The Kier molecular flexibility index (Phi) is 3.98. The lowest BCUT2D eigenvalue weighted by Crippen LogP contribution is -2.32. The van der Waals surface area contributed by atoms with Crippen molar-refractivity contribution in [2.75, 3.05) is 6.54 Å². The van der Waals surface area contributed by atoms with Crippen molar-refractivity contribution >= 4 is 15.9 Å². The van der Waals surface area contributed by atoms with Gasteiger partial charge in [-0.25, -0.2) is 4.39 Å². The molecule has 16 heavy (non-hydrogen) atoms. The maximum absolute atomic E-state index is 13.0. The van der Waals surface area contributed by atoms with Gasteiger partial charge in [-0.2, -0.15) is 0 Å². The van der Waals surface area contributed by atoms with E-state index < -0.39 is 0 Å². The molecule has 3 heteroatoms. The van der Waals surface area contributed by atoms with Gasteiger partial charge in [0.1, 0.15) is 5.82 Å². The smallest absolute Gasteiger partial charge is 0.124 e. The number of hydrogen-bond donors (Lipinski definition) is 1. The molecule has 1 unspecified atom stereocenters. The summed E-state index contributed by atoms with van der Waals surface area (Å²) in [6.45, 7) is 3.06. The highest BCUT2D eigenvalue weighted by atomic mass is 79.9. The van der Waals surface area contributed by atoms with Crippen LogP contribution in [0.1, 0.15) is 37.8 Å². The largest absolute Gasteiger partial charge is 0.310 e. The molecular formula is C13H17BrFN. The highest BCUT2D eigenvalue weighted by Gasteiger charge is 2.28. The average Bonchev–Trinajstić information content (AvgIpc) is 2.14. The van der Waals surface area contributed by atoms with Crippen molar-refractivity contribution in [1.29, 1.82) is 0 Å². The van der Waals surface area contributed by atoms with E-state index in [1.807, 2.05) is 6.07 Å². The second-order valence-electron chi connectivity index (χ2n) is 4.39. The molecule has 1 saturated carbocycles. The van der Waals surface area contributed by atoms with Gasteiger partial charge in [0.05, 0.1) is 0 Å². The Morgan fingerprint density at radius 3 is 2.75 bits per heavy atom. The Labute approximate surface area is 105 Å². The number of hydrogen-bond acceptors (Lipinski definition) is 1. The van der Waals surface area contributed by atoms with Gasteiger partial charge in [0, 0.05) is 10.5 Å². The lowest BCUT2D eigenvalue weighted by atomic mass is 9.77. The minimum atomic E-state index is -0.181. The van der Waals surface area contributed by atoms with Gasteiger partial charge in [0.2, 0.25) is 0 Å². The van der Waals surface area contributed by atoms with Gasteiger partial charge in [-0.05, 0) is 43.0 Å². The molecule has 1 aliphatic carbocycles. The molecule has 1 atom stereocenters. The lowest BCUT2D eigenvalue weighted by molar-refractivity contribution is 0.232. The average molecular weight is 286 g/mol. The Hall–Kier alpha value is -0.410. The zero-order chi connectivity index (χ0) is 11.5. The van der Waals surface area contributed by atoms with Crippen LogP contribution in [0.2, 0.25) is 0 Å². The van der Waals surface area contributed by atoms with E-state index in [1.54, 1.807) is 12.1 Å². The molecular weight excluding hydrogens is 269 g/mol. The van der Waals surface area contributed by atoms with Crippen LogP contribution >= 0.6 is 15.9 Å². The summed E-state index contributed by atoms with van der Waals surface area (Å²) >= 11 is 3.46. The summed E-state index contributed by atoms with van der Waals surface area (Å²) in [4.78, 5) is 0. The molecule has 1 aliphatic rings. The quantitative estimate of drug-likeness (QED) is 0.881. The lowest BCUT2D eigenvalue weighted by Gasteiger charge is -2.35. The number of nitrogens with one attached hydrogen (secondary N) is 1. The first kappa shape index (κ1) is 12.1. The summed E-state index contributed by atoms with van der Waals surface area (Å²) in [6.07, 6.45) is 3.88. The third-order valence-electron chi connectivity index (χ3n) is 3.34. The van der Waals surface area contributed by atoms with Gasteiger partial charge in [0.25, 0.3) is 0 Å². The second-order valence-corrected chi connectivity index (χ2v) is 5.25. The van der Waals surface area contributed by atoms with Crippen LogP contribution in [0.5, 0.6) is 0 Å². The molecule has 0 spiro atoms. The van der Waals surface area contributed by atoms with Crippen LogP contribution in [0.4, 0.5) is 4.39 Å². The summed E-state index contributed by atoms with van der Waals surface area (Å²) in [5.41, 5.74) is 1.19. The number of benzene rings is 1. The predicted octanol–water partition coefficient (Wildman–Crippen LogP) is 4.04. The highest BCUT2D eigenvalue weighted by Crippen LogP contribution is 2.39. The van der Waals surface area contributed by atoms with Gasteiger partial charge >= 0.3 is 0 Å². The highest BCUT2D eigenvalue weighted by molar-refractivity contribution is 9.10. The first-order valence-corrected chi connectivity index (χ1v) is 6.70. The monoisotopic (exact) mass is 285 g/mol. The molecule has 0 amide bonds. The van der Waals surface area contributed by atoms with E-state index in [0.717, 1.165) is 11.0 Å².